The molecular formula is C6H14ClNO. The van der Waals surface area contributed by atoms with E-state index in [-0.39, 0.29) is 18.5 Å². The van der Waals surface area contributed by atoms with Crippen LogP contribution in [-0.2, 0) is 0 Å². The van der Waals surface area contributed by atoms with E-state index in [9.17, 15) is 0 Å². The van der Waals surface area contributed by atoms with Crippen LogP contribution < -0.4 is 5.73 Å². The van der Waals surface area contributed by atoms with E-state index in [4.69, 9.17) is 10.8 Å². The fraction of sp³-hybridized carbons (Fsp3) is 1.00. The number of hydrogen-bond donors (Lipinski definition) is 2. The Kier molecular flexibility index (Phi) is 4.19. The van der Waals surface area contributed by atoms with Crippen molar-refractivity contribution in [2.24, 2.45) is 11.7 Å². The predicted molar refractivity (Wildman–Crippen MR) is 39.7 cm³/mol. The molecule has 1 aliphatic carbocycles. The molecule has 1 saturated carbocycles. The Bertz CT molecular complexity index is 75.5. The Labute approximate surface area is 61.8 Å². The summed E-state index contributed by atoms with van der Waals surface area (Å²) in [7, 11) is 0. The molecule has 0 aromatic rings. The van der Waals surface area contributed by atoms with Crippen molar-refractivity contribution in [3.63, 3.8) is 0 Å². The van der Waals surface area contributed by atoms with E-state index in [2.05, 4.69) is 0 Å². The van der Waals surface area contributed by atoms with Crippen molar-refractivity contribution < 1.29 is 5.11 Å². The van der Waals surface area contributed by atoms with Crippen molar-refractivity contribution in [3.05, 3.63) is 0 Å². The van der Waals surface area contributed by atoms with Gasteiger partial charge in [-0.25, -0.2) is 0 Å². The number of aliphatic hydroxyl groups is 1. The number of rotatable bonds is 3. The van der Waals surface area contributed by atoms with Crippen molar-refractivity contribution in [3.8, 4) is 0 Å². The first-order valence-corrected chi connectivity index (χ1v) is 3.22. The van der Waals surface area contributed by atoms with Gasteiger partial charge in [0, 0.05) is 0 Å². The lowest BCUT2D eigenvalue weighted by atomic mass is 10.2. The molecule has 0 radical (unpaired) electrons. The third kappa shape index (κ3) is 3.04. The van der Waals surface area contributed by atoms with Gasteiger partial charge < -0.3 is 10.8 Å². The molecule has 0 spiro atoms. The summed E-state index contributed by atoms with van der Waals surface area (Å²) in [6, 6.07) is 0. The van der Waals surface area contributed by atoms with Crippen LogP contribution in [0.4, 0.5) is 0 Å². The van der Waals surface area contributed by atoms with Gasteiger partial charge in [0.25, 0.3) is 0 Å². The van der Waals surface area contributed by atoms with Gasteiger partial charge in [0.05, 0.1) is 6.10 Å². The molecule has 0 aliphatic heterocycles. The molecule has 0 amide bonds. The standard InChI is InChI=1S/C6H13NO.ClH/c7-4-3-6(8)5-1-2-5;/h5-6,8H,1-4,7H2;1H. The number of nitrogens with two attached hydrogens (primary N) is 1. The molecule has 1 fully saturated rings. The molecule has 0 heterocycles. The lowest BCUT2D eigenvalue weighted by molar-refractivity contribution is 0.144. The van der Waals surface area contributed by atoms with E-state index in [1.807, 2.05) is 0 Å². The maximum absolute atomic E-state index is 9.11. The van der Waals surface area contributed by atoms with Crippen LogP contribution in [0.5, 0.6) is 0 Å². The van der Waals surface area contributed by atoms with Gasteiger partial charge in [-0.1, -0.05) is 0 Å². The summed E-state index contributed by atoms with van der Waals surface area (Å²) in [4.78, 5) is 0. The van der Waals surface area contributed by atoms with Gasteiger partial charge in [-0.3, -0.25) is 0 Å². The summed E-state index contributed by atoms with van der Waals surface area (Å²) in [5.74, 6) is 0.596. The van der Waals surface area contributed by atoms with E-state index in [1.165, 1.54) is 12.8 Å². The van der Waals surface area contributed by atoms with Crippen LogP contribution in [0.3, 0.4) is 0 Å². The van der Waals surface area contributed by atoms with Crippen molar-refractivity contribution in [1.29, 1.82) is 0 Å². The molecule has 3 N–H and O–H groups in total. The van der Waals surface area contributed by atoms with E-state index >= 15 is 0 Å². The van der Waals surface area contributed by atoms with E-state index in [1.54, 1.807) is 0 Å². The van der Waals surface area contributed by atoms with Crippen molar-refractivity contribution in [1.82, 2.24) is 0 Å². The Hall–Kier alpha value is 0.210. The Morgan fingerprint density at radius 3 is 2.44 bits per heavy atom. The van der Waals surface area contributed by atoms with Crippen LogP contribution in [0.25, 0.3) is 0 Å². The van der Waals surface area contributed by atoms with Crippen LogP contribution in [-0.4, -0.2) is 17.8 Å². The average molecular weight is 152 g/mol. The maximum atomic E-state index is 9.11. The van der Waals surface area contributed by atoms with Gasteiger partial charge >= 0.3 is 0 Å². The summed E-state index contributed by atoms with van der Waals surface area (Å²) in [6.07, 6.45) is 3.10. The summed E-state index contributed by atoms with van der Waals surface area (Å²) >= 11 is 0. The fourth-order valence-electron chi connectivity index (χ4n) is 0.887. The lowest BCUT2D eigenvalue weighted by Gasteiger charge is -2.04. The van der Waals surface area contributed by atoms with E-state index in [0.717, 1.165) is 6.42 Å². The minimum atomic E-state index is -0.0972. The molecule has 3 heteroatoms. The lowest BCUT2D eigenvalue weighted by Crippen LogP contribution is -2.14. The van der Waals surface area contributed by atoms with Crippen molar-refractivity contribution in [2.45, 2.75) is 25.4 Å². The quantitative estimate of drug-likeness (QED) is 0.618. The molecular weight excluding hydrogens is 138 g/mol. The zero-order chi connectivity index (χ0) is 5.98. The molecule has 1 unspecified atom stereocenters. The van der Waals surface area contributed by atoms with Crippen LogP contribution in [0.1, 0.15) is 19.3 Å². The number of hydrogen-bond acceptors (Lipinski definition) is 2. The molecule has 0 bridgehead atoms. The zero-order valence-corrected chi connectivity index (χ0v) is 6.23. The highest BCUT2D eigenvalue weighted by atomic mass is 35.5. The monoisotopic (exact) mass is 151 g/mol. The molecule has 56 valence electrons. The van der Waals surface area contributed by atoms with Gasteiger partial charge in [-0.2, -0.15) is 0 Å². The third-order valence-corrected chi connectivity index (χ3v) is 1.63. The Balaban J connectivity index is 0.000000640. The fourth-order valence-corrected chi connectivity index (χ4v) is 0.887. The highest BCUT2D eigenvalue weighted by Gasteiger charge is 2.28. The van der Waals surface area contributed by atoms with Crippen molar-refractivity contribution in [2.75, 3.05) is 6.54 Å². The van der Waals surface area contributed by atoms with Gasteiger partial charge in [-0.05, 0) is 31.7 Å². The maximum Gasteiger partial charge on any atom is 0.0580 e. The first-order chi connectivity index (χ1) is 3.84. The van der Waals surface area contributed by atoms with Gasteiger partial charge in [0.2, 0.25) is 0 Å². The zero-order valence-electron chi connectivity index (χ0n) is 5.42. The summed E-state index contributed by atoms with van der Waals surface area (Å²) in [5, 5.41) is 9.11. The van der Waals surface area contributed by atoms with Crippen LogP contribution in [0, 0.1) is 5.92 Å². The molecule has 1 atom stereocenters. The molecule has 9 heavy (non-hydrogen) atoms. The molecule has 2 nitrogen and oxygen atoms in total. The van der Waals surface area contributed by atoms with Crippen LogP contribution in [0.2, 0.25) is 0 Å². The first-order valence-electron chi connectivity index (χ1n) is 3.22. The minimum absolute atomic E-state index is 0. The topological polar surface area (TPSA) is 46.2 Å². The molecule has 0 saturated heterocycles. The highest BCUT2D eigenvalue weighted by molar-refractivity contribution is 5.85. The second kappa shape index (κ2) is 4.09. The molecule has 1 rings (SSSR count). The molecule has 0 aromatic heterocycles. The van der Waals surface area contributed by atoms with E-state index < -0.39 is 0 Å². The largest absolute Gasteiger partial charge is 0.393 e. The average Bonchev–Trinajstić information content (AvgIpc) is 2.45. The highest BCUT2D eigenvalue weighted by Crippen LogP contribution is 2.33. The summed E-state index contributed by atoms with van der Waals surface area (Å²) in [5.41, 5.74) is 5.24. The van der Waals surface area contributed by atoms with Gasteiger partial charge in [-0.15, -0.1) is 12.4 Å². The SMILES string of the molecule is Cl.NCCC(O)C1CC1. The normalized spacial score (nSPS) is 20.7. The van der Waals surface area contributed by atoms with Gasteiger partial charge in [0.15, 0.2) is 0 Å². The number of aliphatic hydroxyl groups excluding tert-OH is 1. The van der Waals surface area contributed by atoms with E-state index in [0.29, 0.717) is 12.5 Å². The predicted octanol–water partition coefficient (Wildman–Crippen LogP) is 0.528. The number of halogens is 1. The third-order valence-electron chi connectivity index (χ3n) is 1.63. The molecule has 1 aliphatic rings. The minimum Gasteiger partial charge on any atom is -0.393 e. The first kappa shape index (κ1) is 9.21. The van der Waals surface area contributed by atoms with Crippen LogP contribution >= 0.6 is 12.4 Å². The Morgan fingerprint density at radius 1 is 1.56 bits per heavy atom. The van der Waals surface area contributed by atoms with Crippen LogP contribution in [0.15, 0.2) is 0 Å². The second-order valence-electron chi connectivity index (χ2n) is 2.48. The Morgan fingerprint density at radius 2 is 2.11 bits per heavy atom. The smallest absolute Gasteiger partial charge is 0.0580 e. The summed E-state index contributed by atoms with van der Waals surface area (Å²) < 4.78 is 0. The van der Waals surface area contributed by atoms with Gasteiger partial charge in [0.1, 0.15) is 0 Å². The summed E-state index contributed by atoms with van der Waals surface area (Å²) in [6.45, 7) is 0.623. The molecule has 0 aromatic carbocycles. The second-order valence-corrected chi connectivity index (χ2v) is 2.48. The van der Waals surface area contributed by atoms with Crippen molar-refractivity contribution >= 4 is 12.4 Å².